The number of carbonyl (C=O) groups excluding carboxylic acids is 3. The third-order valence-corrected chi connectivity index (χ3v) is 7.42. The van der Waals surface area contributed by atoms with Crippen molar-refractivity contribution in [2.24, 2.45) is 0 Å². The number of nitrogens with one attached hydrogen (secondary N) is 2. The van der Waals surface area contributed by atoms with Crippen molar-refractivity contribution in [3.63, 3.8) is 0 Å². The summed E-state index contributed by atoms with van der Waals surface area (Å²) in [5.74, 6) is -0.249. The first kappa shape index (κ1) is 28.1. The Balaban J connectivity index is 1.72. The van der Waals surface area contributed by atoms with Gasteiger partial charge in [-0.25, -0.2) is 0 Å². The fraction of sp³-hybridized carbons (Fsp3) is 0.345. The minimum absolute atomic E-state index is 0.0762. The number of hydrogen-bond acceptors (Lipinski definition) is 7. The van der Waals surface area contributed by atoms with E-state index in [2.05, 4.69) is 10.6 Å². The molecule has 1 fully saturated rings. The van der Waals surface area contributed by atoms with Crippen molar-refractivity contribution in [2.45, 2.75) is 31.9 Å². The minimum Gasteiger partial charge on any atom is -0.493 e. The molecule has 1 saturated heterocycles. The molecule has 2 heterocycles. The van der Waals surface area contributed by atoms with E-state index < -0.39 is 11.9 Å². The van der Waals surface area contributed by atoms with E-state index in [1.54, 1.807) is 41.8 Å². The van der Waals surface area contributed by atoms with Crippen molar-refractivity contribution in [1.82, 2.24) is 10.6 Å². The van der Waals surface area contributed by atoms with Gasteiger partial charge in [-0.1, -0.05) is 30.3 Å². The molecule has 2 N–H and O–H groups in total. The summed E-state index contributed by atoms with van der Waals surface area (Å²) in [6.07, 6.45) is 1.72. The van der Waals surface area contributed by atoms with Gasteiger partial charge in [0.05, 0.1) is 31.7 Å². The van der Waals surface area contributed by atoms with Crippen molar-refractivity contribution in [3.8, 4) is 11.5 Å². The van der Waals surface area contributed by atoms with E-state index in [0.29, 0.717) is 40.8 Å². The van der Waals surface area contributed by atoms with E-state index in [4.69, 9.17) is 14.2 Å². The van der Waals surface area contributed by atoms with Crippen molar-refractivity contribution in [2.75, 3.05) is 38.8 Å². The van der Waals surface area contributed by atoms with Gasteiger partial charge in [-0.15, -0.1) is 11.3 Å². The van der Waals surface area contributed by atoms with Gasteiger partial charge in [0.25, 0.3) is 5.91 Å². The summed E-state index contributed by atoms with van der Waals surface area (Å²) in [5, 5.41) is 7.48. The highest BCUT2D eigenvalue weighted by Gasteiger charge is 2.35. The molecule has 39 heavy (non-hydrogen) atoms. The zero-order valence-corrected chi connectivity index (χ0v) is 23.1. The lowest BCUT2D eigenvalue weighted by molar-refractivity contribution is -0.126. The number of benzene rings is 2. The molecule has 1 aliphatic rings. The fourth-order valence-corrected chi connectivity index (χ4v) is 5.18. The molecule has 206 valence electrons. The SMILES string of the molecule is COc1ccc([C@H](C(=O)NC[C@H]2CCCO2)N(C(=O)CNC(=O)c2cccs2)c2ccccc2C)cc1OC. The van der Waals surface area contributed by atoms with E-state index in [1.165, 1.54) is 30.5 Å². The van der Waals surface area contributed by atoms with Gasteiger partial charge in [-0.05, 0) is 60.5 Å². The molecule has 0 aliphatic carbocycles. The summed E-state index contributed by atoms with van der Waals surface area (Å²) in [6, 6.07) is 14.9. The fourth-order valence-electron chi connectivity index (χ4n) is 4.54. The normalized spacial score (nSPS) is 15.3. The molecule has 9 nitrogen and oxygen atoms in total. The average molecular weight is 552 g/mol. The predicted octanol–water partition coefficient (Wildman–Crippen LogP) is 3.87. The zero-order chi connectivity index (χ0) is 27.8. The number of anilines is 1. The topological polar surface area (TPSA) is 106 Å². The molecule has 1 aliphatic heterocycles. The van der Waals surface area contributed by atoms with Crippen LogP contribution in [-0.4, -0.2) is 57.7 Å². The van der Waals surface area contributed by atoms with Crippen molar-refractivity contribution >= 4 is 34.7 Å². The highest BCUT2D eigenvalue weighted by atomic mass is 32.1. The molecule has 2 aromatic carbocycles. The second kappa shape index (κ2) is 13.3. The van der Waals surface area contributed by atoms with Gasteiger partial charge in [0.15, 0.2) is 11.5 Å². The van der Waals surface area contributed by atoms with Crippen LogP contribution in [0, 0.1) is 6.92 Å². The Labute approximate surface area is 232 Å². The van der Waals surface area contributed by atoms with Gasteiger partial charge in [-0.2, -0.15) is 0 Å². The van der Waals surface area contributed by atoms with Crippen LogP contribution in [0.3, 0.4) is 0 Å². The molecule has 0 unspecified atom stereocenters. The average Bonchev–Trinajstić information content (AvgIpc) is 3.68. The smallest absolute Gasteiger partial charge is 0.261 e. The minimum atomic E-state index is -1.06. The molecule has 0 saturated carbocycles. The molecular formula is C29H33N3O6S. The zero-order valence-electron chi connectivity index (χ0n) is 22.3. The summed E-state index contributed by atoms with van der Waals surface area (Å²) in [6.45, 7) is 2.56. The maximum Gasteiger partial charge on any atom is 0.261 e. The number of ether oxygens (including phenoxy) is 3. The van der Waals surface area contributed by atoms with E-state index >= 15 is 0 Å². The number of hydrogen-bond donors (Lipinski definition) is 2. The summed E-state index contributed by atoms with van der Waals surface area (Å²) in [4.78, 5) is 42.3. The number of rotatable bonds is 11. The Hall–Kier alpha value is -3.89. The highest BCUT2D eigenvalue weighted by molar-refractivity contribution is 7.12. The number of para-hydroxylation sites is 1. The van der Waals surface area contributed by atoms with E-state index in [0.717, 1.165) is 18.4 Å². The van der Waals surface area contributed by atoms with Crippen molar-refractivity contribution in [1.29, 1.82) is 0 Å². The van der Waals surface area contributed by atoms with Crippen LogP contribution in [-0.2, 0) is 14.3 Å². The van der Waals surface area contributed by atoms with Crippen LogP contribution < -0.4 is 25.0 Å². The van der Waals surface area contributed by atoms with Crippen LogP contribution in [0.2, 0.25) is 0 Å². The summed E-state index contributed by atoms with van der Waals surface area (Å²) in [7, 11) is 3.04. The second-order valence-corrected chi connectivity index (χ2v) is 10.1. The van der Waals surface area contributed by atoms with Crippen LogP contribution in [0.15, 0.2) is 60.0 Å². The molecule has 3 amide bonds. The molecule has 0 bridgehead atoms. The molecular weight excluding hydrogens is 518 g/mol. The molecule has 10 heteroatoms. The van der Waals surface area contributed by atoms with Gasteiger partial charge in [0.2, 0.25) is 11.8 Å². The summed E-state index contributed by atoms with van der Waals surface area (Å²) < 4.78 is 16.6. The Morgan fingerprint density at radius 1 is 1.05 bits per heavy atom. The van der Waals surface area contributed by atoms with E-state index in [1.807, 2.05) is 25.1 Å². The third kappa shape index (κ3) is 6.76. The molecule has 0 radical (unpaired) electrons. The Kier molecular flexibility index (Phi) is 9.56. The van der Waals surface area contributed by atoms with Gasteiger partial charge in [-0.3, -0.25) is 19.3 Å². The monoisotopic (exact) mass is 551 g/mol. The molecule has 0 spiro atoms. The van der Waals surface area contributed by atoms with Gasteiger partial charge >= 0.3 is 0 Å². The van der Waals surface area contributed by atoms with Gasteiger partial charge in [0.1, 0.15) is 6.04 Å². The molecule has 3 aromatic rings. The maximum atomic E-state index is 13.9. The first-order valence-corrected chi connectivity index (χ1v) is 13.6. The second-order valence-electron chi connectivity index (χ2n) is 9.11. The van der Waals surface area contributed by atoms with Crippen LogP contribution in [0.1, 0.15) is 39.7 Å². The van der Waals surface area contributed by atoms with Crippen molar-refractivity contribution in [3.05, 3.63) is 76.0 Å². The van der Waals surface area contributed by atoms with E-state index in [-0.39, 0.29) is 24.5 Å². The van der Waals surface area contributed by atoms with Crippen molar-refractivity contribution < 1.29 is 28.6 Å². The molecule has 1 aromatic heterocycles. The maximum absolute atomic E-state index is 13.9. The third-order valence-electron chi connectivity index (χ3n) is 6.55. The Morgan fingerprint density at radius 2 is 1.85 bits per heavy atom. The number of methoxy groups -OCH3 is 2. The summed E-state index contributed by atoms with van der Waals surface area (Å²) in [5.41, 5.74) is 1.88. The van der Waals surface area contributed by atoms with Crippen LogP contribution >= 0.6 is 11.3 Å². The molecule has 2 atom stereocenters. The summed E-state index contributed by atoms with van der Waals surface area (Å²) >= 11 is 1.29. The van der Waals surface area contributed by atoms with Crippen LogP contribution in [0.5, 0.6) is 11.5 Å². The van der Waals surface area contributed by atoms with Crippen LogP contribution in [0.4, 0.5) is 5.69 Å². The number of nitrogens with zero attached hydrogens (tertiary/aromatic N) is 1. The molecule has 4 rings (SSSR count). The largest absolute Gasteiger partial charge is 0.493 e. The van der Waals surface area contributed by atoms with Crippen LogP contribution in [0.25, 0.3) is 0 Å². The number of thiophene rings is 1. The van der Waals surface area contributed by atoms with Gasteiger partial charge < -0.3 is 24.8 Å². The number of amides is 3. The standard InChI is InChI=1S/C29H33N3O6S/c1-19-8-4-5-10-22(19)32(26(33)18-31-28(34)25-11-7-15-39-25)27(29(35)30-17-21-9-6-14-38-21)20-12-13-23(36-2)24(16-20)37-3/h4-5,7-8,10-13,15-16,21,27H,6,9,14,17-18H2,1-3H3,(H,30,35)(H,31,34)/t21-,27-/m1/s1. The number of aryl methyl sites for hydroxylation is 1. The van der Waals surface area contributed by atoms with Gasteiger partial charge in [0, 0.05) is 18.8 Å². The lowest BCUT2D eigenvalue weighted by atomic mass is 10.0. The van der Waals surface area contributed by atoms with E-state index in [9.17, 15) is 14.4 Å². The lowest BCUT2D eigenvalue weighted by Gasteiger charge is -2.33. The Morgan fingerprint density at radius 3 is 2.51 bits per heavy atom. The highest BCUT2D eigenvalue weighted by Crippen LogP contribution is 2.35. The Bertz CT molecular complexity index is 1290. The first-order chi connectivity index (χ1) is 18.9. The number of carbonyl (C=O) groups is 3. The quantitative estimate of drug-likeness (QED) is 0.375. The lowest BCUT2D eigenvalue weighted by Crippen LogP contribution is -2.48. The first-order valence-electron chi connectivity index (χ1n) is 12.7. The predicted molar refractivity (Wildman–Crippen MR) is 150 cm³/mol.